The number of nitrogens with one attached hydrogen (secondary N) is 1. The van der Waals surface area contributed by atoms with Crippen LogP contribution in [0.25, 0.3) is 0 Å². The van der Waals surface area contributed by atoms with E-state index in [1.54, 1.807) is 24.5 Å². The lowest BCUT2D eigenvalue weighted by Gasteiger charge is -2.33. The molecule has 2 fully saturated rings. The van der Waals surface area contributed by atoms with Gasteiger partial charge in [0.25, 0.3) is 0 Å². The Kier molecular flexibility index (Phi) is 7.83. The molecule has 0 bridgehead atoms. The average Bonchev–Trinajstić information content (AvgIpc) is 3.29. The van der Waals surface area contributed by atoms with E-state index in [2.05, 4.69) is 26.6 Å². The Morgan fingerprint density at radius 1 is 1.21 bits per heavy atom. The van der Waals surface area contributed by atoms with E-state index in [-0.39, 0.29) is 18.2 Å². The quantitative estimate of drug-likeness (QED) is 0.453. The van der Waals surface area contributed by atoms with Gasteiger partial charge in [-0.15, -0.1) is 10.2 Å². The van der Waals surface area contributed by atoms with Crippen molar-refractivity contribution in [1.29, 1.82) is 5.26 Å². The van der Waals surface area contributed by atoms with Crippen molar-refractivity contribution >= 4 is 5.69 Å². The predicted octanol–water partition coefficient (Wildman–Crippen LogP) is 4.28. The maximum absolute atomic E-state index is 14.0. The molecule has 3 aromatic rings. The molecule has 1 N–H and O–H groups in total. The van der Waals surface area contributed by atoms with E-state index in [0.717, 1.165) is 30.7 Å². The molecule has 1 aromatic carbocycles. The summed E-state index contributed by atoms with van der Waals surface area (Å²) in [6.45, 7) is 1.82. The molecule has 9 nitrogen and oxygen atoms in total. The van der Waals surface area contributed by atoms with Crippen LogP contribution >= 0.6 is 0 Å². The first kappa shape index (κ1) is 27.1. The molecule has 5 rings (SSSR count). The summed E-state index contributed by atoms with van der Waals surface area (Å²) in [6.07, 6.45) is 1.82. The fourth-order valence-electron chi connectivity index (χ4n) is 5.28. The van der Waals surface area contributed by atoms with Crippen molar-refractivity contribution in [3.8, 4) is 6.07 Å². The van der Waals surface area contributed by atoms with Crippen molar-refractivity contribution in [1.82, 2.24) is 29.7 Å². The lowest BCUT2D eigenvalue weighted by Crippen LogP contribution is -2.43. The number of anilines is 1. The fraction of sp³-hybridized carbons (Fsp3) is 0.481. The monoisotopic (exact) mass is 540 g/mol. The third kappa shape index (κ3) is 6.21. The highest BCUT2D eigenvalue weighted by atomic mass is 19.4. The highest BCUT2D eigenvalue weighted by molar-refractivity contribution is 5.54. The van der Waals surface area contributed by atoms with Crippen LogP contribution in [0.2, 0.25) is 0 Å². The zero-order valence-corrected chi connectivity index (χ0v) is 21.9. The normalized spacial score (nSPS) is 17.9. The van der Waals surface area contributed by atoms with Gasteiger partial charge in [-0.2, -0.15) is 23.5 Å². The number of hydrogen-bond donors (Lipinski definition) is 1. The Bertz CT molecular complexity index is 1350. The van der Waals surface area contributed by atoms with Crippen molar-refractivity contribution in [3.05, 3.63) is 70.6 Å². The summed E-state index contributed by atoms with van der Waals surface area (Å²) in [5, 5.41) is 22.8. The molecule has 2 aromatic heterocycles. The number of pyridine rings is 1. The minimum atomic E-state index is -4.55. The minimum absolute atomic E-state index is 0.0533. The first-order chi connectivity index (χ1) is 18.7. The Morgan fingerprint density at radius 3 is 2.67 bits per heavy atom. The van der Waals surface area contributed by atoms with Crippen molar-refractivity contribution < 1.29 is 18.0 Å². The molecule has 1 aliphatic carbocycles. The molecule has 1 atom stereocenters. The van der Waals surface area contributed by atoms with Crippen LogP contribution in [0.1, 0.15) is 59.0 Å². The summed E-state index contributed by atoms with van der Waals surface area (Å²) < 4.78 is 44.0. The third-order valence-electron chi connectivity index (χ3n) is 7.41. The van der Waals surface area contributed by atoms with Crippen molar-refractivity contribution in [3.63, 3.8) is 0 Å². The molecule has 1 saturated carbocycles. The van der Waals surface area contributed by atoms with Crippen LogP contribution in [0.3, 0.4) is 0 Å². The van der Waals surface area contributed by atoms with Gasteiger partial charge in [-0.3, -0.25) is 14.7 Å². The molecule has 0 radical (unpaired) electrons. The Morgan fingerprint density at radius 2 is 2.03 bits per heavy atom. The summed E-state index contributed by atoms with van der Waals surface area (Å²) in [4.78, 5) is 11.6. The predicted molar refractivity (Wildman–Crippen MR) is 137 cm³/mol. The average molecular weight is 541 g/mol. The number of aryl methyl sites for hydroxylation is 1. The van der Waals surface area contributed by atoms with Gasteiger partial charge in [0, 0.05) is 45.0 Å². The van der Waals surface area contributed by atoms with E-state index < -0.39 is 11.7 Å². The first-order valence-electron chi connectivity index (χ1n) is 13.0. The number of alkyl halides is 3. The lowest BCUT2D eigenvalue weighted by molar-refractivity contribution is -0.202. The topological polar surface area (TPSA) is 95.1 Å². The highest BCUT2D eigenvalue weighted by Gasteiger charge is 2.35. The van der Waals surface area contributed by atoms with E-state index >= 15 is 0 Å². The van der Waals surface area contributed by atoms with Crippen LogP contribution in [-0.4, -0.2) is 56.6 Å². The fourth-order valence-corrected chi connectivity index (χ4v) is 5.28. The van der Waals surface area contributed by atoms with Gasteiger partial charge in [0.2, 0.25) is 0 Å². The standard InChI is InChI=1S/C27H31F3N8O/c1-36-16-34-35-26(36)25(20-4-3-5-20)21-8-18(12-31)9-22(11-21)32-14-24-23(27(28,29)30)10-19(13-33-24)15-38-6-7-39-37(2)17-38/h8-11,13,16,20,25,32H,3-7,14-15,17H2,1-2H3. The summed E-state index contributed by atoms with van der Waals surface area (Å²) in [6, 6.07) is 8.74. The summed E-state index contributed by atoms with van der Waals surface area (Å²) in [5.74, 6) is 1.12. The van der Waals surface area contributed by atoms with E-state index in [9.17, 15) is 18.4 Å². The van der Waals surface area contributed by atoms with Gasteiger partial charge >= 0.3 is 6.18 Å². The van der Waals surface area contributed by atoms with E-state index in [4.69, 9.17) is 4.84 Å². The lowest BCUT2D eigenvalue weighted by atomic mass is 9.72. The molecule has 3 heterocycles. The van der Waals surface area contributed by atoms with Crippen LogP contribution in [0.4, 0.5) is 18.9 Å². The third-order valence-corrected chi connectivity index (χ3v) is 7.41. The van der Waals surface area contributed by atoms with Gasteiger partial charge in [0.05, 0.1) is 42.7 Å². The number of halogens is 3. The van der Waals surface area contributed by atoms with Crippen molar-refractivity contribution in [2.45, 2.75) is 44.4 Å². The summed E-state index contributed by atoms with van der Waals surface area (Å²) in [5.41, 5.74) is 1.51. The van der Waals surface area contributed by atoms with Gasteiger partial charge in [0.1, 0.15) is 12.2 Å². The number of aromatic nitrogens is 4. The van der Waals surface area contributed by atoms with Crippen LogP contribution in [0.15, 0.2) is 36.8 Å². The summed E-state index contributed by atoms with van der Waals surface area (Å²) in [7, 11) is 3.67. The van der Waals surface area contributed by atoms with E-state index in [0.29, 0.717) is 49.1 Å². The van der Waals surface area contributed by atoms with E-state index in [1.807, 2.05) is 28.6 Å². The number of nitrogens with zero attached hydrogens (tertiary/aromatic N) is 7. The Labute approximate surface area is 225 Å². The molecule has 1 aliphatic heterocycles. The van der Waals surface area contributed by atoms with Gasteiger partial charge in [-0.25, -0.2) is 0 Å². The first-order valence-corrected chi connectivity index (χ1v) is 13.0. The van der Waals surface area contributed by atoms with Crippen LogP contribution < -0.4 is 5.32 Å². The van der Waals surface area contributed by atoms with Gasteiger partial charge in [-0.1, -0.05) is 6.42 Å². The number of hydrogen-bond acceptors (Lipinski definition) is 8. The molecule has 0 amide bonds. The second-order valence-corrected chi connectivity index (χ2v) is 10.3. The second kappa shape index (κ2) is 11.3. The largest absolute Gasteiger partial charge is 0.418 e. The summed E-state index contributed by atoms with van der Waals surface area (Å²) >= 11 is 0. The molecular weight excluding hydrogens is 509 g/mol. The Hall–Kier alpha value is -3.53. The molecule has 2 aliphatic rings. The van der Waals surface area contributed by atoms with Crippen LogP contribution in [0.5, 0.6) is 0 Å². The highest BCUT2D eigenvalue weighted by Crippen LogP contribution is 2.43. The molecule has 12 heteroatoms. The number of hydroxylamine groups is 2. The zero-order chi connectivity index (χ0) is 27.6. The maximum Gasteiger partial charge on any atom is 0.418 e. The second-order valence-electron chi connectivity index (χ2n) is 10.3. The molecular formula is C27H31F3N8O. The van der Waals surface area contributed by atoms with Gasteiger partial charge in [-0.05, 0) is 54.2 Å². The number of nitriles is 1. The molecule has 0 spiro atoms. The van der Waals surface area contributed by atoms with E-state index in [1.165, 1.54) is 12.3 Å². The molecule has 39 heavy (non-hydrogen) atoms. The molecule has 1 unspecified atom stereocenters. The smallest absolute Gasteiger partial charge is 0.379 e. The Balaban J connectivity index is 1.39. The van der Waals surface area contributed by atoms with Crippen LogP contribution in [-0.2, 0) is 31.2 Å². The minimum Gasteiger partial charge on any atom is -0.379 e. The van der Waals surface area contributed by atoms with Gasteiger partial charge in [0.15, 0.2) is 0 Å². The van der Waals surface area contributed by atoms with Crippen molar-refractivity contribution in [2.24, 2.45) is 13.0 Å². The van der Waals surface area contributed by atoms with Crippen molar-refractivity contribution in [2.75, 3.05) is 32.2 Å². The van der Waals surface area contributed by atoms with Gasteiger partial charge < -0.3 is 9.88 Å². The number of benzene rings is 1. The molecule has 206 valence electrons. The SMILES string of the molecule is CN1CN(Cc2cnc(CNc3cc(C#N)cc(C(c4nncn4C)C4CCC4)c3)c(C(F)(F)F)c2)CCO1. The zero-order valence-electron chi connectivity index (χ0n) is 21.9. The van der Waals surface area contributed by atoms with Crippen LogP contribution in [0, 0.1) is 17.2 Å². The maximum atomic E-state index is 14.0. The molecule has 1 saturated heterocycles. The number of rotatable bonds is 8.